The maximum Gasteiger partial charge on any atom is 0.248 e. The lowest BCUT2D eigenvalue weighted by atomic mass is 9.63. The van der Waals surface area contributed by atoms with E-state index in [1.54, 1.807) is 24.3 Å². The maximum absolute atomic E-state index is 13.7. The lowest BCUT2D eigenvalue weighted by Crippen LogP contribution is -2.49. The fraction of sp³-hybridized carbons (Fsp3) is 0.393. The van der Waals surface area contributed by atoms with Gasteiger partial charge in [0.25, 0.3) is 0 Å². The quantitative estimate of drug-likeness (QED) is 0.509. The van der Waals surface area contributed by atoms with Crippen molar-refractivity contribution in [1.82, 2.24) is 4.90 Å². The zero-order chi connectivity index (χ0) is 23.4. The predicted molar refractivity (Wildman–Crippen MR) is 127 cm³/mol. The van der Waals surface area contributed by atoms with Crippen molar-refractivity contribution in [3.8, 4) is 5.75 Å². The lowest BCUT2D eigenvalue weighted by molar-refractivity contribution is -0.146. The number of nitrogens with one attached hydrogen (secondary N) is 1. The number of allylic oxidation sites excluding steroid dienone is 2. The second-order valence-electron chi connectivity index (χ2n) is 9.85. The summed E-state index contributed by atoms with van der Waals surface area (Å²) in [5.41, 5.74) is 1.51. The van der Waals surface area contributed by atoms with Crippen LogP contribution in [0, 0.1) is 35.5 Å². The van der Waals surface area contributed by atoms with Crippen LogP contribution in [-0.2, 0) is 20.8 Å². The van der Waals surface area contributed by atoms with Gasteiger partial charge < -0.3 is 10.1 Å². The molecule has 3 amide bonds. The number of ether oxygens (including phenoxy) is 1. The van der Waals surface area contributed by atoms with Crippen molar-refractivity contribution >= 4 is 23.4 Å². The fourth-order valence-corrected chi connectivity index (χ4v) is 6.45. The molecule has 1 saturated heterocycles. The Balaban J connectivity index is 1.29. The van der Waals surface area contributed by atoms with Crippen LogP contribution < -0.4 is 10.1 Å². The van der Waals surface area contributed by atoms with Crippen LogP contribution in [0.3, 0.4) is 0 Å². The number of benzene rings is 2. The minimum absolute atomic E-state index is 0.132. The molecule has 2 aromatic carbocycles. The van der Waals surface area contributed by atoms with Crippen molar-refractivity contribution in [3.05, 3.63) is 72.3 Å². The van der Waals surface area contributed by atoms with E-state index in [0.29, 0.717) is 24.1 Å². The first-order chi connectivity index (χ1) is 16.6. The van der Waals surface area contributed by atoms with Crippen LogP contribution >= 0.6 is 0 Å². The van der Waals surface area contributed by atoms with Crippen LogP contribution in [-0.4, -0.2) is 35.3 Å². The highest BCUT2D eigenvalue weighted by atomic mass is 16.5. The van der Waals surface area contributed by atoms with Gasteiger partial charge in [0.2, 0.25) is 17.7 Å². The molecule has 1 heterocycles. The fourth-order valence-electron chi connectivity index (χ4n) is 6.45. The minimum Gasteiger partial charge on any atom is -0.494 e. The monoisotopic (exact) mass is 456 g/mol. The predicted octanol–water partition coefficient (Wildman–Crippen LogP) is 3.69. The van der Waals surface area contributed by atoms with E-state index in [9.17, 15) is 14.4 Å². The highest BCUT2D eigenvalue weighted by Crippen LogP contribution is 2.65. The van der Waals surface area contributed by atoms with E-state index >= 15 is 0 Å². The summed E-state index contributed by atoms with van der Waals surface area (Å²) < 4.78 is 5.48. The third-order valence-corrected chi connectivity index (χ3v) is 8.02. The number of hydrogen-bond donors (Lipinski definition) is 1. The number of hydrogen-bond acceptors (Lipinski definition) is 4. The van der Waals surface area contributed by atoms with Crippen LogP contribution in [0.2, 0.25) is 0 Å². The minimum atomic E-state index is -0.893. The van der Waals surface area contributed by atoms with Gasteiger partial charge in [-0.25, -0.2) is 0 Å². The van der Waals surface area contributed by atoms with Crippen molar-refractivity contribution in [1.29, 1.82) is 0 Å². The molecule has 34 heavy (non-hydrogen) atoms. The molecule has 0 unspecified atom stereocenters. The summed E-state index contributed by atoms with van der Waals surface area (Å²) in [4.78, 5) is 42.2. The molecule has 6 nitrogen and oxygen atoms in total. The molecule has 5 aliphatic rings. The summed E-state index contributed by atoms with van der Waals surface area (Å²) in [6.45, 7) is 2.47. The smallest absolute Gasteiger partial charge is 0.248 e. The summed E-state index contributed by atoms with van der Waals surface area (Å²) in [7, 11) is 0. The molecule has 0 spiro atoms. The number of rotatable bonds is 7. The maximum atomic E-state index is 13.7. The standard InChI is InChI=1S/C28H28N2O4/c1-2-34-18-10-8-17(9-11-18)29-26(31)23(14-16-6-4-3-5-7-16)30-27(32)24-19-12-13-20(22-15-21(19)22)25(24)28(30)33/h3-13,19-25H,2,14-15H2,1H3,(H,29,31)/t19-,20-,21-,22-,23-,24-,25+/m0/s1. The van der Waals surface area contributed by atoms with E-state index in [1.807, 2.05) is 37.3 Å². The average Bonchev–Trinajstić information content (AvgIpc) is 3.63. The van der Waals surface area contributed by atoms with Crippen molar-refractivity contribution in [2.45, 2.75) is 25.8 Å². The summed E-state index contributed by atoms with van der Waals surface area (Å²) in [5.74, 6) is 0.698. The normalized spacial score (nSPS) is 31.1. The van der Waals surface area contributed by atoms with Gasteiger partial charge in [0.05, 0.1) is 18.4 Å². The first kappa shape index (κ1) is 21.1. The van der Waals surface area contributed by atoms with E-state index in [1.165, 1.54) is 4.90 Å². The highest BCUT2D eigenvalue weighted by molar-refractivity contribution is 6.10. The molecule has 2 aromatic rings. The Morgan fingerprint density at radius 1 is 0.971 bits per heavy atom. The van der Waals surface area contributed by atoms with Gasteiger partial charge in [0, 0.05) is 12.1 Å². The second kappa shape index (κ2) is 8.12. The molecule has 4 aliphatic carbocycles. The highest BCUT2D eigenvalue weighted by Gasteiger charge is 2.67. The zero-order valence-corrected chi connectivity index (χ0v) is 19.1. The molecule has 7 rings (SSSR count). The average molecular weight is 457 g/mol. The van der Waals surface area contributed by atoms with Crippen molar-refractivity contribution in [2.24, 2.45) is 35.5 Å². The molecule has 0 radical (unpaired) electrons. The molecular formula is C28H28N2O4. The van der Waals surface area contributed by atoms with E-state index in [0.717, 1.165) is 17.7 Å². The molecule has 1 N–H and O–H groups in total. The topological polar surface area (TPSA) is 75.7 Å². The number of likely N-dealkylation sites (tertiary alicyclic amines) is 1. The van der Waals surface area contributed by atoms with Crippen LogP contribution in [0.1, 0.15) is 18.9 Å². The molecule has 2 saturated carbocycles. The Kier molecular flexibility index (Phi) is 5.05. The number of carbonyl (C=O) groups is 3. The van der Waals surface area contributed by atoms with Gasteiger partial charge in [0.15, 0.2) is 0 Å². The molecule has 3 fully saturated rings. The Bertz CT molecular complexity index is 1120. The first-order valence-electron chi connectivity index (χ1n) is 12.2. The Morgan fingerprint density at radius 2 is 1.59 bits per heavy atom. The van der Waals surface area contributed by atoms with E-state index in [4.69, 9.17) is 4.74 Å². The molecular weight excluding hydrogens is 428 g/mol. The van der Waals surface area contributed by atoms with Gasteiger partial charge in [-0.15, -0.1) is 0 Å². The SMILES string of the molecule is CCOc1ccc(NC(=O)[C@H](Cc2ccccc2)N2C(=O)[C@@H]3[C@H]4C=C[C@@H]([C@@H]5C[C@@H]45)[C@@H]3C2=O)cc1. The number of amides is 3. The summed E-state index contributed by atoms with van der Waals surface area (Å²) >= 11 is 0. The van der Waals surface area contributed by atoms with Gasteiger partial charge in [-0.1, -0.05) is 42.5 Å². The summed E-state index contributed by atoms with van der Waals surface area (Å²) in [5, 5.41) is 2.93. The van der Waals surface area contributed by atoms with E-state index in [2.05, 4.69) is 17.5 Å². The van der Waals surface area contributed by atoms with Crippen LogP contribution in [0.5, 0.6) is 5.75 Å². The third-order valence-electron chi connectivity index (χ3n) is 8.02. The van der Waals surface area contributed by atoms with E-state index in [-0.39, 0.29) is 47.8 Å². The largest absolute Gasteiger partial charge is 0.494 e. The number of imide groups is 1. The van der Waals surface area contributed by atoms with Crippen molar-refractivity contribution < 1.29 is 19.1 Å². The molecule has 0 aromatic heterocycles. The van der Waals surface area contributed by atoms with Crippen LogP contribution in [0.25, 0.3) is 0 Å². The van der Waals surface area contributed by atoms with Gasteiger partial charge >= 0.3 is 0 Å². The third kappa shape index (κ3) is 3.35. The number of nitrogens with zero attached hydrogens (tertiary/aromatic N) is 1. The Labute approximate surface area is 199 Å². The molecule has 174 valence electrons. The zero-order valence-electron chi connectivity index (χ0n) is 19.1. The Hall–Kier alpha value is -3.41. The van der Waals surface area contributed by atoms with Gasteiger partial charge in [-0.2, -0.15) is 0 Å². The summed E-state index contributed by atoms with van der Waals surface area (Å²) in [6, 6.07) is 15.8. The van der Waals surface area contributed by atoms with Crippen LogP contribution in [0.15, 0.2) is 66.7 Å². The molecule has 2 bridgehead atoms. The number of carbonyl (C=O) groups excluding carboxylic acids is 3. The van der Waals surface area contributed by atoms with E-state index < -0.39 is 6.04 Å². The van der Waals surface area contributed by atoms with Crippen molar-refractivity contribution in [3.63, 3.8) is 0 Å². The molecule has 1 aliphatic heterocycles. The Morgan fingerprint density at radius 3 is 2.18 bits per heavy atom. The van der Waals surface area contributed by atoms with Crippen LogP contribution in [0.4, 0.5) is 5.69 Å². The molecule has 7 atom stereocenters. The van der Waals surface area contributed by atoms with Crippen molar-refractivity contribution in [2.75, 3.05) is 11.9 Å². The second-order valence-corrected chi connectivity index (χ2v) is 9.85. The van der Waals surface area contributed by atoms with Gasteiger partial charge in [0.1, 0.15) is 11.8 Å². The summed E-state index contributed by atoms with van der Waals surface area (Å²) in [6.07, 6.45) is 5.71. The first-order valence-corrected chi connectivity index (χ1v) is 12.2. The number of anilines is 1. The van der Waals surface area contributed by atoms with Gasteiger partial charge in [-0.05, 0) is 66.8 Å². The van der Waals surface area contributed by atoms with Gasteiger partial charge in [-0.3, -0.25) is 19.3 Å². The lowest BCUT2D eigenvalue weighted by Gasteiger charge is -2.37. The molecule has 6 heteroatoms.